The Morgan fingerprint density at radius 2 is 1.85 bits per heavy atom. The average Bonchev–Trinajstić information content (AvgIpc) is 2.77. The zero-order chi connectivity index (χ0) is 14.7. The third kappa shape index (κ3) is 3.19. The molecule has 1 N–H and O–H groups in total. The zero-order valence-electron chi connectivity index (χ0n) is 10.9. The van der Waals surface area contributed by atoms with Gasteiger partial charge in [-0.05, 0) is 0 Å². The highest BCUT2D eigenvalue weighted by atomic mass is 16.5. The second-order valence-corrected chi connectivity index (χ2v) is 3.91. The molecule has 0 bridgehead atoms. The quantitative estimate of drug-likeness (QED) is 0.775. The topological polar surface area (TPSA) is 116 Å². The van der Waals surface area contributed by atoms with Crippen molar-refractivity contribution < 1.29 is 24.2 Å². The molecule has 20 heavy (non-hydrogen) atoms. The Morgan fingerprint density at radius 1 is 1.20 bits per heavy atom. The highest BCUT2D eigenvalue weighted by Crippen LogP contribution is 2.13. The number of rotatable bonds is 4. The standard InChI is InChI=1S/C11H12N4O5/c1-6(16)19-4-8-3-10(18)15-11(12-8)13-9(14-15)5-20-7(2)17/h3,18H,4-5H2,1-2H3. The van der Waals surface area contributed by atoms with E-state index in [0.717, 1.165) is 4.52 Å². The molecule has 9 nitrogen and oxygen atoms in total. The lowest BCUT2D eigenvalue weighted by Crippen LogP contribution is -2.03. The highest BCUT2D eigenvalue weighted by molar-refractivity contribution is 5.66. The number of esters is 2. The molecule has 0 fully saturated rings. The Labute approximate surface area is 113 Å². The summed E-state index contributed by atoms with van der Waals surface area (Å²) in [4.78, 5) is 29.5. The number of ether oxygens (including phenoxy) is 2. The number of hydrogen-bond donors (Lipinski definition) is 1. The number of aromatic hydroxyl groups is 1. The van der Waals surface area contributed by atoms with Gasteiger partial charge in [-0.25, -0.2) is 4.98 Å². The van der Waals surface area contributed by atoms with Gasteiger partial charge >= 0.3 is 11.9 Å². The van der Waals surface area contributed by atoms with Crippen LogP contribution in [0.3, 0.4) is 0 Å². The largest absolute Gasteiger partial charge is 0.493 e. The fourth-order valence-electron chi connectivity index (χ4n) is 1.42. The second kappa shape index (κ2) is 5.51. The van der Waals surface area contributed by atoms with Gasteiger partial charge in [0.05, 0.1) is 5.69 Å². The number of carbonyl (C=O) groups is 2. The first-order valence-corrected chi connectivity index (χ1v) is 5.67. The maximum Gasteiger partial charge on any atom is 0.303 e. The van der Waals surface area contributed by atoms with Gasteiger partial charge in [0.2, 0.25) is 5.88 Å². The van der Waals surface area contributed by atoms with Gasteiger partial charge in [-0.15, -0.1) is 5.10 Å². The summed E-state index contributed by atoms with van der Waals surface area (Å²) in [7, 11) is 0. The van der Waals surface area contributed by atoms with E-state index in [-0.39, 0.29) is 30.7 Å². The number of nitrogens with zero attached hydrogens (tertiary/aromatic N) is 4. The summed E-state index contributed by atoms with van der Waals surface area (Å²) in [5.41, 5.74) is 0.330. The summed E-state index contributed by atoms with van der Waals surface area (Å²) < 4.78 is 10.6. The van der Waals surface area contributed by atoms with Crippen LogP contribution >= 0.6 is 0 Å². The molecule has 0 aliphatic rings. The summed E-state index contributed by atoms with van der Waals surface area (Å²) in [5, 5.41) is 13.7. The van der Waals surface area contributed by atoms with E-state index in [1.54, 1.807) is 0 Å². The normalized spacial score (nSPS) is 10.5. The molecule has 2 rings (SSSR count). The molecule has 0 aliphatic carbocycles. The number of hydrogen-bond acceptors (Lipinski definition) is 8. The van der Waals surface area contributed by atoms with Gasteiger partial charge in [-0.2, -0.15) is 9.50 Å². The molecule has 0 amide bonds. The minimum atomic E-state index is -0.461. The van der Waals surface area contributed by atoms with Gasteiger partial charge in [0.25, 0.3) is 5.78 Å². The average molecular weight is 280 g/mol. The maximum absolute atomic E-state index is 10.7. The monoisotopic (exact) mass is 280 g/mol. The molecule has 0 saturated heterocycles. The first-order chi connectivity index (χ1) is 9.45. The van der Waals surface area contributed by atoms with E-state index in [4.69, 9.17) is 9.47 Å². The van der Waals surface area contributed by atoms with E-state index in [9.17, 15) is 14.7 Å². The fraction of sp³-hybridized carbons (Fsp3) is 0.364. The van der Waals surface area contributed by atoms with Gasteiger partial charge in [0.1, 0.15) is 6.61 Å². The number of fused-ring (bicyclic) bond motifs is 1. The molecule has 0 radical (unpaired) electrons. The molecule has 0 atom stereocenters. The Hall–Kier alpha value is -2.71. The van der Waals surface area contributed by atoms with Crippen LogP contribution < -0.4 is 0 Å². The summed E-state index contributed by atoms with van der Waals surface area (Å²) >= 11 is 0. The van der Waals surface area contributed by atoms with E-state index in [1.807, 2.05) is 0 Å². The molecule has 2 aromatic rings. The Morgan fingerprint density at radius 3 is 2.50 bits per heavy atom. The van der Waals surface area contributed by atoms with Crippen LogP contribution in [0.1, 0.15) is 25.4 Å². The van der Waals surface area contributed by atoms with E-state index >= 15 is 0 Å². The molecule has 2 aromatic heterocycles. The van der Waals surface area contributed by atoms with Gasteiger partial charge < -0.3 is 14.6 Å². The SMILES string of the molecule is CC(=O)OCc1cc(O)n2nc(COC(C)=O)nc2n1. The fourth-order valence-corrected chi connectivity index (χ4v) is 1.42. The minimum absolute atomic E-state index is 0.0778. The van der Waals surface area contributed by atoms with Crippen molar-refractivity contribution in [1.82, 2.24) is 19.6 Å². The molecule has 9 heteroatoms. The third-order valence-electron chi connectivity index (χ3n) is 2.22. The molecule has 0 spiro atoms. The molecule has 0 aromatic carbocycles. The van der Waals surface area contributed by atoms with Crippen LogP contribution in [0.2, 0.25) is 0 Å². The van der Waals surface area contributed by atoms with Crippen LogP contribution in [0.15, 0.2) is 6.07 Å². The molecule has 0 saturated carbocycles. The van der Waals surface area contributed by atoms with Gasteiger partial charge in [0, 0.05) is 19.9 Å². The zero-order valence-corrected chi connectivity index (χ0v) is 10.9. The molecule has 2 heterocycles. The molecular weight excluding hydrogens is 268 g/mol. The van der Waals surface area contributed by atoms with E-state index in [2.05, 4.69) is 15.1 Å². The Balaban J connectivity index is 2.24. The Bertz CT molecular complexity index is 666. The maximum atomic E-state index is 10.7. The van der Waals surface area contributed by atoms with Crippen molar-refractivity contribution in [1.29, 1.82) is 0 Å². The van der Waals surface area contributed by atoms with Gasteiger partial charge in [-0.3, -0.25) is 9.59 Å². The van der Waals surface area contributed by atoms with Crippen LogP contribution in [0.4, 0.5) is 0 Å². The molecule has 0 aliphatic heterocycles. The van der Waals surface area contributed by atoms with Crippen molar-refractivity contribution in [3.63, 3.8) is 0 Å². The van der Waals surface area contributed by atoms with Crippen molar-refractivity contribution in [3.8, 4) is 5.88 Å². The van der Waals surface area contributed by atoms with E-state index in [1.165, 1.54) is 19.9 Å². The van der Waals surface area contributed by atoms with Crippen LogP contribution in [-0.2, 0) is 32.3 Å². The summed E-state index contributed by atoms with van der Waals surface area (Å²) in [6.07, 6.45) is 0. The van der Waals surface area contributed by atoms with Gasteiger partial charge in [0.15, 0.2) is 12.4 Å². The predicted octanol–water partition coefficient (Wildman–Crippen LogP) is -0.0439. The van der Waals surface area contributed by atoms with Crippen molar-refractivity contribution in [2.75, 3.05) is 0 Å². The minimum Gasteiger partial charge on any atom is -0.493 e. The lowest BCUT2D eigenvalue weighted by Gasteiger charge is -2.02. The van der Waals surface area contributed by atoms with E-state index in [0.29, 0.717) is 5.69 Å². The lowest BCUT2D eigenvalue weighted by molar-refractivity contribution is -0.143. The first-order valence-electron chi connectivity index (χ1n) is 5.67. The number of aromatic nitrogens is 4. The Kier molecular flexibility index (Phi) is 3.78. The van der Waals surface area contributed by atoms with Gasteiger partial charge in [-0.1, -0.05) is 0 Å². The lowest BCUT2D eigenvalue weighted by atomic mass is 10.4. The van der Waals surface area contributed by atoms with Crippen LogP contribution in [0.5, 0.6) is 5.88 Å². The molecule has 106 valence electrons. The van der Waals surface area contributed by atoms with Crippen molar-refractivity contribution in [3.05, 3.63) is 17.6 Å². The van der Waals surface area contributed by atoms with E-state index < -0.39 is 11.9 Å². The predicted molar refractivity (Wildman–Crippen MR) is 63.4 cm³/mol. The second-order valence-electron chi connectivity index (χ2n) is 3.91. The van der Waals surface area contributed by atoms with Crippen molar-refractivity contribution in [2.24, 2.45) is 0 Å². The first kappa shape index (κ1) is 13.7. The summed E-state index contributed by atoms with van der Waals surface area (Å²) in [6.45, 7) is 2.35. The highest BCUT2D eigenvalue weighted by Gasteiger charge is 2.12. The third-order valence-corrected chi connectivity index (χ3v) is 2.22. The van der Waals surface area contributed by atoms with Crippen molar-refractivity contribution >= 4 is 17.7 Å². The van der Waals surface area contributed by atoms with Crippen molar-refractivity contribution in [2.45, 2.75) is 27.1 Å². The molecule has 0 unspecified atom stereocenters. The summed E-state index contributed by atoms with van der Waals surface area (Å²) in [6, 6.07) is 1.31. The van der Waals surface area contributed by atoms with Crippen LogP contribution in [0, 0.1) is 0 Å². The number of carbonyl (C=O) groups excluding carboxylic acids is 2. The van der Waals surface area contributed by atoms with Crippen LogP contribution in [0.25, 0.3) is 5.78 Å². The molecular formula is C11H12N4O5. The smallest absolute Gasteiger partial charge is 0.303 e. The van der Waals surface area contributed by atoms with Crippen LogP contribution in [-0.4, -0.2) is 36.6 Å². The summed E-state index contributed by atoms with van der Waals surface area (Å²) in [5.74, 6) is -0.805.